The molecule has 4 aliphatic heterocycles. The monoisotopic (exact) mass is 466 g/mol. The molecule has 168 valence electrons. The van der Waals surface area contributed by atoms with E-state index in [1.54, 1.807) is 0 Å². The van der Waals surface area contributed by atoms with Crippen molar-refractivity contribution < 1.29 is 19.3 Å². The third-order valence-corrected chi connectivity index (χ3v) is 7.85. The van der Waals surface area contributed by atoms with E-state index in [1.807, 2.05) is 30.0 Å². The number of anilines is 2. The highest BCUT2D eigenvalue weighted by Crippen LogP contribution is 2.60. The van der Waals surface area contributed by atoms with Gasteiger partial charge in [0, 0.05) is 23.4 Å². The van der Waals surface area contributed by atoms with Crippen LogP contribution in [-0.2, 0) is 19.9 Å². The molecule has 9 nitrogen and oxygen atoms in total. The van der Waals surface area contributed by atoms with Crippen molar-refractivity contribution in [3.05, 3.63) is 62.7 Å². The van der Waals surface area contributed by atoms with E-state index < -0.39 is 34.1 Å². The van der Waals surface area contributed by atoms with Gasteiger partial charge in [0.1, 0.15) is 10.6 Å². The summed E-state index contributed by atoms with van der Waals surface area (Å²) in [6.07, 6.45) is 1.52. The molecule has 3 fully saturated rings. The minimum Gasteiger partial charge on any atom is -0.324 e. The Kier molecular flexibility index (Phi) is 4.07. The Bertz CT molecular complexity index is 1300. The van der Waals surface area contributed by atoms with Gasteiger partial charge in [-0.3, -0.25) is 29.4 Å². The van der Waals surface area contributed by atoms with Gasteiger partial charge in [-0.15, -0.1) is 0 Å². The summed E-state index contributed by atoms with van der Waals surface area (Å²) >= 11 is 5.94. The molecule has 0 bridgehead atoms. The average Bonchev–Trinajstić information content (AvgIpc) is 3.47. The molecule has 0 aromatic heterocycles. The number of halogens is 1. The summed E-state index contributed by atoms with van der Waals surface area (Å²) in [5.74, 6) is -2.85. The first-order chi connectivity index (χ1) is 15.8. The standard InChI is InChI=1S/C23H19ClN4O5/c1-11-4-7-15-13(9-11)23(22(31)25-15)19-18(16-3-2-8-26(16)23)20(29)27(21(19)30)12-5-6-14(24)17(10-12)28(32)33/h4-7,9-10,16,18-19H,2-3,8H2,1H3,(H,25,31)/t16-,18-,19+,23-/m1/s1. The normalized spacial score (nSPS) is 30.1. The second kappa shape index (κ2) is 6.61. The van der Waals surface area contributed by atoms with Gasteiger partial charge in [-0.2, -0.15) is 0 Å². The van der Waals surface area contributed by atoms with Gasteiger partial charge >= 0.3 is 0 Å². The Labute approximate surface area is 193 Å². The number of nitro benzene ring substituents is 1. The molecule has 4 heterocycles. The molecule has 0 saturated carbocycles. The molecule has 1 N–H and O–H groups in total. The highest BCUT2D eigenvalue weighted by atomic mass is 35.5. The smallest absolute Gasteiger partial charge is 0.289 e. The number of hydrogen-bond acceptors (Lipinski definition) is 6. The topological polar surface area (TPSA) is 113 Å². The van der Waals surface area contributed by atoms with Gasteiger partial charge in [0.15, 0.2) is 0 Å². The predicted octanol–water partition coefficient (Wildman–Crippen LogP) is 2.99. The molecule has 2 aromatic carbocycles. The molecule has 4 atom stereocenters. The van der Waals surface area contributed by atoms with Crippen LogP contribution in [0.25, 0.3) is 0 Å². The first-order valence-electron chi connectivity index (χ1n) is 10.8. The van der Waals surface area contributed by atoms with Gasteiger partial charge in [0.25, 0.3) is 5.69 Å². The van der Waals surface area contributed by atoms with Gasteiger partial charge in [-0.1, -0.05) is 29.3 Å². The van der Waals surface area contributed by atoms with E-state index in [2.05, 4.69) is 5.32 Å². The molecular weight excluding hydrogens is 448 g/mol. The summed E-state index contributed by atoms with van der Waals surface area (Å²) in [5.41, 5.74) is 0.759. The summed E-state index contributed by atoms with van der Waals surface area (Å²) in [5, 5.41) is 14.2. The number of carbonyl (C=O) groups excluding carboxylic acids is 3. The van der Waals surface area contributed by atoms with Crippen molar-refractivity contribution >= 4 is 46.4 Å². The maximum absolute atomic E-state index is 13.9. The van der Waals surface area contributed by atoms with Gasteiger partial charge in [-0.25, -0.2) is 4.90 Å². The van der Waals surface area contributed by atoms with E-state index in [9.17, 15) is 24.5 Å². The molecule has 4 aliphatic rings. The molecule has 33 heavy (non-hydrogen) atoms. The van der Waals surface area contributed by atoms with Crippen molar-refractivity contribution in [2.45, 2.75) is 31.3 Å². The van der Waals surface area contributed by atoms with Crippen molar-refractivity contribution in [3.8, 4) is 0 Å². The van der Waals surface area contributed by atoms with Gasteiger partial charge < -0.3 is 5.32 Å². The number of nitro groups is 1. The Morgan fingerprint density at radius 1 is 1.15 bits per heavy atom. The minimum atomic E-state index is -1.27. The Hall–Kier alpha value is -3.30. The van der Waals surface area contributed by atoms with Gasteiger partial charge in [0.05, 0.1) is 22.4 Å². The van der Waals surface area contributed by atoms with Crippen LogP contribution >= 0.6 is 11.6 Å². The molecule has 3 amide bonds. The van der Waals surface area contributed by atoms with Crippen LogP contribution in [-0.4, -0.2) is 40.1 Å². The summed E-state index contributed by atoms with van der Waals surface area (Å²) in [6.45, 7) is 2.54. The number of amides is 3. The Morgan fingerprint density at radius 2 is 1.94 bits per heavy atom. The summed E-state index contributed by atoms with van der Waals surface area (Å²) < 4.78 is 0. The molecular formula is C23H19ClN4O5. The summed E-state index contributed by atoms with van der Waals surface area (Å²) in [7, 11) is 0. The number of imide groups is 1. The van der Waals surface area contributed by atoms with E-state index in [4.69, 9.17) is 11.6 Å². The number of benzene rings is 2. The first kappa shape index (κ1) is 20.3. The lowest BCUT2D eigenvalue weighted by atomic mass is 9.75. The lowest BCUT2D eigenvalue weighted by molar-refractivity contribution is -0.384. The van der Waals surface area contributed by atoms with Crippen molar-refractivity contribution in [1.82, 2.24) is 4.90 Å². The zero-order valence-electron chi connectivity index (χ0n) is 17.6. The molecule has 0 aliphatic carbocycles. The Balaban J connectivity index is 1.54. The first-order valence-corrected chi connectivity index (χ1v) is 11.2. The van der Waals surface area contributed by atoms with Crippen LogP contribution in [0.3, 0.4) is 0 Å². The van der Waals surface area contributed by atoms with Crippen molar-refractivity contribution in [2.75, 3.05) is 16.8 Å². The van der Waals surface area contributed by atoms with E-state index in [0.29, 0.717) is 18.7 Å². The number of aryl methyl sites for hydroxylation is 1. The molecule has 0 unspecified atom stereocenters. The maximum atomic E-state index is 13.9. The van der Waals surface area contributed by atoms with Gasteiger partial charge in [-0.05, 0) is 44.5 Å². The fourth-order valence-electron chi connectivity index (χ4n) is 6.35. The highest BCUT2D eigenvalue weighted by molar-refractivity contribution is 6.33. The van der Waals surface area contributed by atoms with Gasteiger partial charge in [0.2, 0.25) is 17.7 Å². The van der Waals surface area contributed by atoms with Crippen molar-refractivity contribution in [3.63, 3.8) is 0 Å². The Morgan fingerprint density at radius 3 is 2.70 bits per heavy atom. The lowest BCUT2D eigenvalue weighted by Crippen LogP contribution is -2.54. The minimum absolute atomic E-state index is 0.0824. The number of carbonyl (C=O) groups is 3. The molecule has 2 aromatic rings. The summed E-state index contributed by atoms with van der Waals surface area (Å²) in [6, 6.07) is 9.27. The molecule has 10 heteroatoms. The number of fused-ring (bicyclic) bond motifs is 7. The molecule has 3 saturated heterocycles. The predicted molar refractivity (Wildman–Crippen MR) is 119 cm³/mol. The zero-order chi connectivity index (χ0) is 23.2. The average molecular weight is 467 g/mol. The quantitative estimate of drug-likeness (QED) is 0.413. The van der Waals surface area contributed by atoms with E-state index >= 15 is 0 Å². The molecule has 1 spiro atoms. The maximum Gasteiger partial charge on any atom is 0.289 e. The summed E-state index contributed by atoms with van der Waals surface area (Å²) in [4.78, 5) is 55.0. The fraction of sp³-hybridized carbons (Fsp3) is 0.348. The highest BCUT2D eigenvalue weighted by Gasteiger charge is 2.74. The SMILES string of the molecule is Cc1ccc2c(c1)[C@]1(C(=O)N2)[C@@H]2C(=O)N(c3ccc(Cl)c([N+](=O)[O-])c3)C(=O)[C@@H]2[C@H]2CCCN21. The third-order valence-electron chi connectivity index (χ3n) is 7.53. The van der Waals surface area contributed by atoms with Crippen LogP contribution in [0.2, 0.25) is 5.02 Å². The van der Waals surface area contributed by atoms with Crippen LogP contribution in [0.5, 0.6) is 0 Å². The third kappa shape index (κ3) is 2.38. The van der Waals surface area contributed by atoms with E-state index in [-0.39, 0.29) is 28.3 Å². The van der Waals surface area contributed by atoms with E-state index in [1.165, 1.54) is 12.1 Å². The molecule has 6 rings (SSSR count). The van der Waals surface area contributed by atoms with Crippen LogP contribution in [0.4, 0.5) is 17.1 Å². The largest absolute Gasteiger partial charge is 0.324 e. The zero-order valence-corrected chi connectivity index (χ0v) is 18.3. The van der Waals surface area contributed by atoms with Crippen molar-refractivity contribution in [2.24, 2.45) is 11.8 Å². The fourth-order valence-corrected chi connectivity index (χ4v) is 6.54. The number of nitrogens with zero attached hydrogens (tertiary/aromatic N) is 3. The number of rotatable bonds is 2. The van der Waals surface area contributed by atoms with Crippen LogP contribution in [0.1, 0.15) is 24.0 Å². The van der Waals surface area contributed by atoms with E-state index in [0.717, 1.165) is 28.5 Å². The second-order valence-corrected chi connectivity index (χ2v) is 9.49. The van der Waals surface area contributed by atoms with Crippen LogP contribution in [0, 0.1) is 28.9 Å². The lowest BCUT2D eigenvalue weighted by Gasteiger charge is -2.36. The van der Waals surface area contributed by atoms with Crippen LogP contribution in [0.15, 0.2) is 36.4 Å². The number of hydrogen-bond donors (Lipinski definition) is 1. The number of nitrogens with one attached hydrogen (secondary N) is 1. The molecule has 0 radical (unpaired) electrons. The second-order valence-electron chi connectivity index (χ2n) is 9.08. The van der Waals surface area contributed by atoms with Crippen LogP contribution < -0.4 is 10.2 Å². The van der Waals surface area contributed by atoms with Crippen molar-refractivity contribution in [1.29, 1.82) is 0 Å².